The Labute approximate surface area is 148 Å². The Morgan fingerprint density at radius 2 is 1.92 bits per heavy atom. The number of imidazole rings is 1. The van der Waals surface area contributed by atoms with Gasteiger partial charge in [-0.05, 0) is 31.2 Å². The highest BCUT2D eigenvalue weighted by atomic mass is 16.5. The van der Waals surface area contributed by atoms with Crippen molar-refractivity contribution >= 4 is 11.7 Å². The first-order valence-electron chi connectivity index (χ1n) is 8.71. The summed E-state index contributed by atoms with van der Waals surface area (Å²) in [5.74, 6) is 0.812. The Bertz CT molecular complexity index is 649. The minimum Gasteiger partial charge on any atom is -0.494 e. The summed E-state index contributed by atoms with van der Waals surface area (Å²) in [6.07, 6.45) is 5.60. The third-order valence-corrected chi connectivity index (χ3v) is 4.31. The Balaban J connectivity index is 1.41. The van der Waals surface area contributed by atoms with Crippen LogP contribution in [0.3, 0.4) is 0 Å². The molecule has 0 radical (unpaired) electrons. The number of ether oxygens (including phenoxy) is 1. The average molecular weight is 343 g/mol. The van der Waals surface area contributed by atoms with Gasteiger partial charge in [-0.25, -0.2) is 9.78 Å². The first kappa shape index (κ1) is 17.3. The van der Waals surface area contributed by atoms with Crippen molar-refractivity contribution in [2.75, 3.05) is 44.6 Å². The standard InChI is InChI=1S/C18H25N5O2/c1-2-25-17-5-3-16(4-6-17)20-18(24)23-13-11-21(12-14-23)9-10-22-8-7-19-15-22/h3-8,15H,2,9-14H2,1H3,(H,20,24). The lowest BCUT2D eigenvalue weighted by Gasteiger charge is -2.34. The monoisotopic (exact) mass is 343 g/mol. The molecule has 1 N–H and O–H groups in total. The van der Waals surface area contributed by atoms with Crippen molar-refractivity contribution in [3.8, 4) is 5.75 Å². The van der Waals surface area contributed by atoms with Crippen molar-refractivity contribution in [1.29, 1.82) is 0 Å². The number of urea groups is 1. The third-order valence-electron chi connectivity index (χ3n) is 4.31. The molecule has 1 fully saturated rings. The number of carbonyl (C=O) groups is 1. The maximum atomic E-state index is 12.4. The van der Waals surface area contributed by atoms with Crippen LogP contribution in [-0.4, -0.2) is 64.7 Å². The van der Waals surface area contributed by atoms with Crippen molar-refractivity contribution < 1.29 is 9.53 Å². The summed E-state index contributed by atoms with van der Waals surface area (Å²) in [4.78, 5) is 20.7. The minimum absolute atomic E-state index is 0.0431. The van der Waals surface area contributed by atoms with Crippen molar-refractivity contribution in [1.82, 2.24) is 19.4 Å². The maximum absolute atomic E-state index is 12.4. The van der Waals surface area contributed by atoms with E-state index in [0.29, 0.717) is 6.61 Å². The number of nitrogens with zero attached hydrogens (tertiary/aromatic N) is 4. The summed E-state index contributed by atoms with van der Waals surface area (Å²) >= 11 is 0. The van der Waals surface area contributed by atoms with Gasteiger partial charge in [-0.2, -0.15) is 0 Å². The van der Waals surface area contributed by atoms with E-state index in [4.69, 9.17) is 4.74 Å². The first-order valence-corrected chi connectivity index (χ1v) is 8.71. The van der Waals surface area contributed by atoms with Crippen LogP contribution in [0.1, 0.15) is 6.92 Å². The lowest BCUT2D eigenvalue weighted by Crippen LogP contribution is -2.50. The van der Waals surface area contributed by atoms with Crippen LogP contribution < -0.4 is 10.1 Å². The second kappa shape index (κ2) is 8.53. The van der Waals surface area contributed by atoms with Gasteiger partial charge >= 0.3 is 6.03 Å². The van der Waals surface area contributed by atoms with Gasteiger partial charge in [0.25, 0.3) is 0 Å². The van der Waals surface area contributed by atoms with E-state index >= 15 is 0 Å². The topological polar surface area (TPSA) is 62.6 Å². The van der Waals surface area contributed by atoms with E-state index < -0.39 is 0 Å². The number of carbonyl (C=O) groups excluding carboxylic acids is 1. The van der Waals surface area contributed by atoms with Crippen molar-refractivity contribution in [3.05, 3.63) is 43.0 Å². The fourth-order valence-corrected chi connectivity index (χ4v) is 2.85. The maximum Gasteiger partial charge on any atom is 0.321 e. The zero-order valence-corrected chi connectivity index (χ0v) is 14.6. The third kappa shape index (κ3) is 4.96. The molecule has 3 rings (SSSR count). The summed E-state index contributed by atoms with van der Waals surface area (Å²) in [6, 6.07) is 7.42. The van der Waals surface area contributed by atoms with Crippen LogP contribution in [0.25, 0.3) is 0 Å². The number of hydrogen-bond acceptors (Lipinski definition) is 4. The Kier molecular flexibility index (Phi) is 5.90. The van der Waals surface area contributed by atoms with Gasteiger partial charge in [0.15, 0.2) is 0 Å². The molecule has 2 amide bonds. The Morgan fingerprint density at radius 1 is 1.16 bits per heavy atom. The zero-order valence-electron chi connectivity index (χ0n) is 14.6. The van der Waals surface area contributed by atoms with E-state index in [1.54, 1.807) is 6.20 Å². The molecular weight excluding hydrogens is 318 g/mol. The second-order valence-corrected chi connectivity index (χ2v) is 6.02. The van der Waals surface area contributed by atoms with E-state index in [9.17, 15) is 4.79 Å². The van der Waals surface area contributed by atoms with Gasteiger partial charge in [-0.15, -0.1) is 0 Å². The van der Waals surface area contributed by atoms with Gasteiger partial charge in [0, 0.05) is 57.3 Å². The summed E-state index contributed by atoms with van der Waals surface area (Å²) in [5, 5.41) is 2.95. The molecule has 1 aromatic carbocycles. The van der Waals surface area contributed by atoms with E-state index in [-0.39, 0.29) is 6.03 Å². The number of aromatic nitrogens is 2. The smallest absolute Gasteiger partial charge is 0.321 e. The number of piperazine rings is 1. The van der Waals surface area contributed by atoms with E-state index in [1.807, 2.05) is 48.6 Å². The number of benzene rings is 1. The molecule has 1 aliphatic heterocycles. The van der Waals surface area contributed by atoms with Gasteiger partial charge in [0.1, 0.15) is 5.75 Å². The van der Waals surface area contributed by atoms with E-state index in [0.717, 1.165) is 50.7 Å². The molecule has 7 nitrogen and oxygen atoms in total. The number of nitrogens with one attached hydrogen (secondary N) is 1. The highest BCUT2D eigenvalue weighted by Gasteiger charge is 2.20. The predicted molar refractivity (Wildman–Crippen MR) is 96.9 cm³/mol. The van der Waals surface area contributed by atoms with Crippen molar-refractivity contribution in [3.63, 3.8) is 0 Å². The SMILES string of the molecule is CCOc1ccc(NC(=O)N2CCN(CCn3ccnc3)CC2)cc1. The van der Waals surface area contributed by atoms with Gasteiger partial charge < -0.3 is 19.5 Å². The predicted octanol–water partition coefficient (Wildman–Crippen LogP) is 2.13. The molecule has 1 saturated heterocycles. The second-order valence-electron chi connectivity index (χ2n) is 6.02. The number of amides is 2. The van der Waals surface area contributed by atoms with Gasteiger partial charge in [-0.1, -0.05) is 0 Å². The van der Waals surface area contributed by atoms with Crippen LogP contribution in [0.15, 0.2) is 43.0 Å². The lowest BCUT2D eigenvalue weighted by atomic mass is 10.3. The lowest BCUT2D eigenvalue weighted by molar-refractivity contribution is 0.144. The Morgan fingerprint density at radius 3 is 2.56 bits per heavy atom. The fraction of sp³-hybridized carbons (Fsp3) is 0.444. The summed E-state index contributed by atoms with van der Waals surface area (Å²) in [6.45, 7) is 7.76. The molecule has 0 aliphatic carbocycles. The first-order chi connectivity index (χ1) is 12.2. The molecule has 2 heterocycles. The van der Waals surface area contributed by atoms with Gasteiger partial charge in [0.05, 0.1) is 12.9 Å². The van der Waals surface area contributed by atoms with Crippen molar-refractivity contribution in [2.24, 2.45) is 0 Å². The molecule has 1 aromatic heterocycles. The molecule has 0 spiro atoms. The zero-order chi connectivity index (χ0) is 17.5. The van der Waals surface area contributed by atoms with Crippen molar-refractivity contribution in [2.45, 2.75) is 13.5 Å². The summed E-state index contributed by atoms with van der Waals surface area (Å²) in [5.41, 5.74) is 0.788. The molecular formula is C18H25N5O2. The highest BCUT2D eigenvalue weighted by molar-refractivity contribution is 5.89. The van der Waals surface area contributed by atoms with Crippen LogP contribution in [0, 0.1) is 0 Å². The minimum atomic E-state index is -0.0431. The van der Waals surface area contributed by atoms with Gasteiger partial charge in [-0.3, -0.25) is 4.90 Å². The fourth-order valence-electron chi connectivity index (χ4n) is 2.85. The normalized spacial score (nSPS) is 15.2. The van der Waals surface area contributed by atoms with Crippen LogP contribution in [0.2, 0.25) is 0 Å². The summed E-state index contributed by atoms with van der Waals surface area (Å²) < 4.78 is 7.48. The van der Waals surface area contributed by atoms with E-state index in [2.05, 4.69) is 19.8 Å². The van der Waals surface area contributed by atoms with Crippen LogP contribution in [0.5, 0.6) is 5.75 Å². The molecule has 2 aromatic rings. The molecule has 0 bridgehead atoms. The number of anilines is 1. The van der Waals surface area contributed by atoms with E-state index in [1.165, 1.54) is 0 Å². The number of hydrogen-bond donors (Lipinski definition) is 1. The molecule has 0 atom stereocenters. The highest BCUT2D eigenvalue weighted by Crippen LogP contribution is 2.16. The van der Waals surface area contributed by atoms with Crippen LogP contribution in [-0.2, 0) is 6.54 Å². The quantitative estimate of drug-likeness (QED) is 0.873. The molecule has 7 heteroatoms. The Hall–Kier alpha value is -2.54. The van der Waals surface area contributed by atoms with Crippen LogP contribution >= 0.6 is 0 Å². The average Bonchev–Trinajstić information content (AvgIpc) is 3.16. The molecule has 1 aliphatic rings. The van der Waals surface area contributed by atoms with Gasteiger partial charge in [0.2, 0.25) is 0 Å². The molecule has 25 heavy (non-hydrogen) atoms. The molecule has 134 valence electrons. The summed E-state index contributed by atoms with van der Waals surface area (Å²) in [7, 11) is 0. The molecule has 0 saturated carbocycles. The number of rotatable bonds is 6. The largest absolute Gasteiger partial charge is 0.494 e. The molecule has 0 unspecified atom stereocenters. The van der Waals surface area contributed by atoms with Crippen LogP contribution in [0.4, 0.5) is 10.5 Å².